The summed E-state index contributed by atoms with van der Waals surface area (Å²) in [4.78, 5) is 10.6. The number of rotatable bonds is 4. The molecule has 1 aliphatic carbocycles. The van der Waals surface area contributed by atoms with Gasteiger partial charge in [-0.15, -0.1) is 0 Å². The van der Waals surface area contributed by atoms with E-state index < -0.39 is 5.97 Å². The van der Waals surface area contributed by atoms with Crippen molar-refractivity contribution in [3.05, 3.63) is 23.3 Å². The Kier molecular flexibility index (Phi) is 4.55. The Hall–Kier alpha value is -1.05. The van der Waals surface area contributed by atoms with Gasteiger partial charge in [0.15, 0.2) is 0 Å². The van der Waals surface area contributed by atoms with Crippen LogP contribution in [0.1, 0.15) is 53.4 Å². The smallest absolute Gasteiger partial charge is 0.328 e. The summed E-state index contributed by atoms with van der Waals surface area (Å²) in [7, 11) is 0. The summed E-state index contributed by atoms with van der Waals surface area (Å²) in [6.07, 6.45) is 8.02. The van der Waals surface area contributed by atoms with E-state index in [2.05, 4.69) is 26.8 Å². The monoisotopic (exact) mass is 236 g/mol. The molecule has 0 aromatic rings. The minimum absolute atomic E-state index is 0.350. The third kappa shape index (κ3) is 4.03. The lowest BCUT2D eigenvalue weighted by molar-refractivity contribution is -0.131. The number of carboxylic acid groups (broad SMARTS) is 1. The Morgan fingerprint density at radius 3 is 2.76 bits per heavy atom. The minimum Gasteiger partial charge on any atom is -0.478 e. The topological polar surface area (TPSA) is 37.3 Å². The zero-order valence-electron chi connectivity index (χ0n) is 11.4. The highest BCUT2D eigenvalue weighted by Crippen LogP contribution is 2.43. The molecular weight excluding hydrogens is 212 g/mol. The first-order chi connectivity index (χ1) is 7.83. The van der Waals surface area contributed by atoms with Crippen molar-refractivity contribution in [2.24, 2.45) is 11.3 Å². The lowest BCUT2D eigenvalue weighted by atomic mass is 9.67. The molecular formula is C15H24O2. The van der Waals surface area contributed by atoms with Gasteiger partial charge in [-0.1, -0.05) is 31.1 Å². The lowest BCUT2D eigenvalue weighted by Crippen LogP contribution is -2.27. The molecule has 1 rings (SSSR count). The maximum Gasteiger partial charge on any atom is 0.328 e. The number of hydrogen-bond acceptors (Lipinski definition) is 1. The van der Waals surface area contributed by atoms with Gasteiger partial charge in [0.25, 0.3) is 0 Å². The van der Waals surface area contributed by atoms with Gasteiger partial charge < -0.3 is 5.11 Å². The SMILES string of the molecule is CC(=CC(=O)O)CCC1C(C)=CCCC1(C)C. The summed E-state index contributed by atoms with van der Waals surface area (Å²) in [6, 6.07) is 0. The predicted molar refractivity (Wildman–Crippen MR) is 70.9 cm³/mol. The van der Waals surface area contributed by atoms with E-state index in [-0.39, 0.29) is 0 Å². The fraction of sp³-hybridized carbons (Fsp3) is 0.667. The maximum atomic E-state index is 10.6. The van der Waals surface area contributed by atoms with Crippen LogP contribution in [-0.4, -0.2) is 11.1 Å². The Morgan fingerprint density at radius 1 is 1.59 bits per heavy atom. The molecule has 96 valence electrons. The molecule has 0 bridgehead atoms. The fourth-order valence-corrected chi connectivity index (χ4v) is 2.88. The van der Waals surface area contributed by atoms with Gasteiger partial charge in [-0.25, -0.2) is 4.79 Å². The first kappa shape index (κ1) is 14.0. The summed E-state index contributed by atoms with van der Waals surface area (Å²) < 4.78 is 0. The zero-order valence-corrected chi connectivity index (χ0v) is 11.4. The van der Waals surface area contributed by atoms with Gasteiger partial charge in [0.2, 0.25) is 0 Å². The summed E-state index contributed by atoms with van der Waals surface area (Å²) in [5.41, 5.74) is 2.79. The van der Waals surface area contributed by atoms with E-state index in [4.69, 9.17) is 5.11 Å². The Bertz CT molecular complexity index is 348. The van der Waals surface area contributed by atoms with Gasteiger partial charge in [0.1, 0.15) is 0 Å². The molecule has 0 aliphatic heterocycles. The maximum absolute atomic E-state index is 10.6. The predicted octanol–water partition coefficient (Wildman–Crippen LogP) is 4.18. The van der Waals surface area contributed by atoms with Crippen LogP contribution in [0.4, 0.5) is 0 Å². The standard InChI is InChI=1S/C15H24O2/c1-11(10-14(16)17)7-8-13-12(2)6-5-9-15(13,3)4/h6,10,13H,5,7-9H2,1-4H3,(H,16,17). The molecule has 0 amide bonds. The molecule has 2 heteroatoms. The van der Waals surface area contributed by atoms with Crippen molar-refractivity contribution in [1.82, 2.24) is 0 Å². The van der Waals surface area contributed by atoms with Gasteiger partial charge in [0.05, 0.1) is 0 Å². The van der Waals surface area contributed by atoms with Crippen LogP contribution in [0.2, 0.25) is 0 Å². The van der Waals surface area contributed by atoms with Gasteiger partial charge >= 0.3 is 5.97 Å². The van der Waals surface area contributed by atoms with E-state index in [0.717, 1.165) is 18.4 Å². The van der Waals surface area contributed by atoms with Crippen LogP contribution in [0.3, 0.4) is 0 Å². The van der Waals surface area contributed by atoms with Crippen molar-refractivity contribution >= 4 is 5.97 Å². The van der Waals surface area contributed by atoms with Crippen molar-refractivity contribution < 1.29 is 9.90 Å². The summed E-state index contributed by atoms with van der Waals surface area (Å²) >= 11 is 0. The van der Waals surface area contributed by atoms with E-state index >= 15 is 0 Å². The summed E-state index contributed by atoms with van der Waals surface area (Å²) in [5.74, 6) is -0.244. The van der Waals surface area contributed by atoms with E-state index in [9.17, 15) is 4.79 Å². The second-order valence-electron chi connectivity index (χ2n) is 5.90. The first-order valence-corrected chi connectivity index (χ1v) is 6.39. The molecule has 0 saturated carbocycles. The minimum atomic E-state index is -0.835. The van der Waals surface area contributed by atoms with Crippen LogP contribution >= 0.6 is 0 Å². The molecule has 0 radical (unpaired) electrons. The van der Waals surface area contributed by atoms with E-state index in [1.807, 2.05) is 6.92 Å². The lowest BCUT2D eigenvalue weighted by Gasteiger charge is -2.38. The fourth-order valence-electron chi connectivity index (χ4n) is 2.88. The second-order valence-corrected chi connectivity index (χ2v) is 5.90. The normalized spacial score (nSPS) is 24.4. The average Bonchev–Trinajstić information content (AvgIpc) is 2.14. The number of hydrogen-bond donors (Lipinski definition) is 1. The first-order valence-electron chi connectivity index (χ1n) is 6.39. The molecule has 17 heavy (non-hydrogen) atoms. The zero-order chi connectivity index (χ0) is 13.1. The number of allylic oxidation sites excluding steroid dienone is 3. The average molecular weight is 236 g/mol. The molecule has 0 heterocycles. The van der Waals surface area contributed by atoms with Crippen molar-refractivity contribution in [3.63, 3.8) is 0 Å². The van der Waals surface area contributed by atoms with E-state index in [0.29, 0.717) is 11.3 Å². The number of carbonyl (C=O) groups is 1. The van der Waals surface area contributed by atoms with Crippen molar-refractivity contribution in [3.8, 4) is 0 Å². The van der Waals surface area contributed by atoms with Crippen LogP contribution in [0.25, 0.3) is 0 Å². The van der Waals surface area contributed by atoms with Crippen LogP contribution in [-0.2, 0) is 4.79 Å². The molecule has 1 unspecified atom stereocenters. The van der Waals surface area contributed by atoms with Gasteiger partial charge in [-0.05, 0) is 50.9 Å². The van der Waals surface area contributed by atoms with Crippen LogP contribution in [0.5, 0.6) is 0 Å². The third-order valence-electron chi connectivity index (χ3n) is 3.95. The summed E-state index contributed by atoms with van der Waals surface area (Å²) in [6.45, 7) is 8.76. The molecule has 0 saturated heterocycles. The third-order valence-corrected chi connectivity index (χ3v) is 3.95. The molecule has 0 fully saturated rings. The number of carboxylic acids is 1. The molecule has 1 aliphatic rings. The van der Waals surface area contributed by atoms with Crippen LogP contribution in [0, 0.1) is 11.3 Å². The largest absolute Gasteiger partial charge is 0.478 e. The van der Waals surface area contributed by atoms with Crippen LogP contribution in [0.15, 0.2) is 23.3 Å². The van der Waals surface area contributed by atoms with Crippen LogP contribution < -0.4 is 0 Å². The van der Waals surface area contributed by atoms with Gasteiger partial charge in [-0.2, -0.15) is 0 Å². The quantitative estimate of drug-likeness (QED) is 0.587. The molecule has 2 nitrogen and oxygen atoms in total. The Labute approximate surface area is 104 Å². The van der Waals surface area contributed by atoms with Crippen molar-refractivity contribution in [2.45, 2.75) is 53.4 Å². The molecule has 0 spiro atoms. The molecule has 1 atom stereocenters. The highest BCUT2D eigenvalue weighted by Gasteiger charge is 2.32. The van der Waals surface area contributed by atoms with Crippen molar-refractivity contribution in [2.75, 3.05) is 0 Å². The molecule has 1 N–H and O–H groups in total. The highest BCUT2D eigenvalue weighted by molar-refractivity contribution is 5.80. The Balaban J connectivity index is 2.64. The second kappa shape index (κ2) is 5.52. The van der Waals surface area contributed by atoms with Gasteiger partial charge in [0, 0.05) is 6.08 Å². The van der Waals surface area contributed by atoms with Crippen molar-refractivity contribution in [1.29, 1.82) is 0 Å². The highest BCUT2D eigenvalue weighted by atomic mass is 16.4. The number of aliphatic carboxylic acids is 1. The van der Waals surface area contributed by atoms with Gasteiger partial charge in [-0.3, -0.25) is 0 Å². The van der Waals surface area contributed by atoms with E-state index in [1.165, 1.54) is 24.5 Å². The molecule has 0 aromatic heterocycles. The summed E-state index contributed by atoms with van der Waals surface area (Å²) in [5, 5.41) is 8.69. The Morgan fingerprint density at radius 2 is 2.24 bits per heavy atom. The molecule has 0 aromatic carbocycles. The van der Waals surface area contributed by atoms with E-state index in [1.54, 1.807) is 0 Å².